The number of aliphatic carboxylic acids is 2. The molecule has 0 saturated heterocycles. The van der Waals surface area contributed by atoms with Crippen LogP contribution in [0.4, 0.5) is 4.79 Å². The molecule has 0 radical (unpaired) electrons. The van der Waals surface area contributed by atoms with Gasteiger partial charge in [-0.25, -0.2) is 19.4 Å². The lowest BCUT2D eigenvalue weighted by Gasteiger charge is -2.16. The van der Waals surface area contributed by atoms with E-state index in [4.69, 9.17) is 4.74 Å². The predicted octanol–water partition coefficient (Wildman–Crippen LogP) is 2.04. The maximum atomic E-state index is 12.0. The monoisotopic (exact) mass is 530 g/mol. The third kappa shape index (κ3) is 11.5. The number of imidazole rings is 1. The topological polar surface area (TPSA) is 166 Å². The molecule has 3 aromatic rings. The normalized spacial score (nSPS) is 12.0. The highest BCUT2D eigenvalue weighted by atomic mass is 32.2. The van der Waals surface area contributed by atoms with Crippen LogP contribution in [0.2, 0.25) is 0 Å². The minimum Gasteiger partial charge on any atom is -0.617 e. The van der Waals surface area contributed by atoms with Gasteiger partial charge in [-0.1, -0.05) is 71.8 Å². The summed E-state index contributed by atoms with van der Waals surface area (Å²) in [6.45, 7) is 0.00947. The standard InChI is InChI=1S/C23H24N4O6.C2H6OS/c28-21(29)19(25-23(32)33-14-17-9-5-2-6-10-17)12-18-13-27(15-24-18)26-20(22(30)31)11-16-7-3-1-4-8-16;1-4(2)3/h1-10,13,15,19-20,26H,11-12,14H2,(H,25,32)(H,28,29)(H,30,31);1-2H3/t19-,20-;/m0./s1. The van der Waals surface area contributed by atoms with Gasteiger partial charge in [-0.3, -0.25) is 4.68 Å². The third-order valence-corrected chi connectivity index (χ3v) is 4.74. The second kappa shape index (κ2) is 15.2. The Labute approximate surface area is 217 Å². The smallest absolute Gasteiger partial charge is 0.408 e. The summed E-state index contributed by atoms with van der Waals surface area (Å²) in [5, 5.41) is 21.3. The highest BCUT2D eigenvalue weighted by molar-refractivity contribution is 7.89. The van der Waals surface area contributed by atoms with Crippen molar-refractivity contribution in [3.05, 3.63) is 90.0 Å². The van der Waals surface area contributed by atoms with Gasteiger partial charge in [0.1, 0.15) is 25.0 Å². The number of nitrogens with one attached hydrogen (secondary N) is 2. The van der Waals surface area contributed by atoms with Crippen LogP contribution in [0.3, 0.4) is 0 Å². The average molecular weight is 531 g/mol. The highest BCUT2D eigenvalue weighted by Crippen LogP contribution is 2.07. The van der Waals surface area contributed by atoms with Gasteiger partial charge in [0, 0.05) is 19.0 Å². The van der Waals surface area contributed by atoms with E-state index in [1.54, 1.807) is 36.8 Å². The molecule has 0 spiro atoms. The van der Waals surface area contributed by atoms with Gasteiger partial charge in [0.05, 0.1) is 18.2 Å². The highest BCUT2D eigenvalue weighted by Gasteiger charge is 2.23. The van der Waals surface area contributed by atoms with Crippen LogP contribution in [0.5, 0.6) is 0 Å². The van der Waals surface area contributed by atoms with E-state index in [2.05, 4.69) is 15.7 Å². The second-order valence-corrected chi connectivity index (χ2v) is 9.51. The number of ether oxygens (including phenoxy) is 1. The minimum atomic E-state index is -1.27. The number of hydrogen-bond donors (Lipinski definition) is 4. The molecule has 1 amide bonds. The summed E-state index contributed by atoms with van der Waals surface area (Å²) in [6, 6.07) is 16.0. The van der Waals surface area contributed by atoms with Gasteiger partial charge in [-0.05, 0) is 11.1 Å². The van der Waals surface area contributed by atoms with E-state index >= 15 is 0 Å². The maximum absolute atomic E-state index is 12.0. The molecule has 1 aromatic heterocycles. The molecular weight excluding hydrogens is 500 g/mol. The van der Waals surface area contributed by atoms with Crippen LogP contribution in [0, 0.1) is 0 Å². The lowest BCUT2D eigenvalue weighted by Crippen LogP contribution is -2.42. The minimum absolute atomic E-state index is 0.00947. The number of hydrogen-bond acceptors (Lipinski definition) is 7. The van der Waals surface area contributed by atoms with E-state index in [0.29, 0.717) is 5.69 Å². The van der Waals surface area contributed by atoms with Crippen LogP contribution in [0.15, 0.2) is 73.2 Å². The molecule has 0 unspecified atom stereocenters. The molecule has 4 N–H and O–H groups in total. The molecule has 198 valence electrons. The molecule has 0 aliphatic carbocycles. The molecule has 1 heterocycles. The number of amides is 1. The Morgan fingerprint density at radius 3 is 2.03 bits per heavy atom. The van der Waals surface area contributed by atoms with Gasteiger partial charge < -0.3 is 30.2 Å². The molecule has 0 bridgehead atoms. The zero-order valence-corrected chi connectivity index (χ0v) is 21.3. The van der Waals surface area contributed by atoms with Crippen LogP contribution in [-0.4, -0.2) is 67.1 Å². The van der Waals surface area contributed by atoms with Gasteiger partial charge in [0.25, 0.3) is 0 Å². The molecular formula is C25H30N4O7S. The molecule has 3 rings (SSSR count). The van der Waals surface area contributed by atoms with Crippen molar-refractivity contribution in [3.63, 3.8) is 0 Å². The number of carboxylic acid groups (broad SMARTS) is 2. The summed E-state index contributed by atoms with van der Waals surface area (Å²) in [5.74, 6) is -2.29. The summed E-state index contributed by atoms with van der Waals surface area (Å²) in [7, 11) is 0. The van der Waals surface area contributed by atoms with E-state index in [9.17, 15) is 29.1 Å². The van der Waals surface area contributed by atoms with Crippen LogP contribution in [0.1, 0.15) is 16.8 Å². The average Bonchev–Trinajstić information content (AvgIpc) is 3.29. The Morgan fingerprint density at radius 1 is 0.946 bits per heavy atom. The van der Waals surface area contributed by atoms with Crippen LogP contribution < -0.4 is 10.7 Å². The Balaban J connectivity index is 0.00000112. The molecule has 0 aliphatic rings. The fourth-order valence-corrected chi connectivity index (χ4v) is 3.07. The first kappa shape index (κ1) is 29.2. The van der Waals surface area contributed by atoms with Crippen LogP contribution in [-0.2, 0) is 45.0 Å². The van der Waals surface area contributed by atoms with Crippen molar-refractivity contribution < 1.29 is 33.9 Å². The van der Waals surface area contributed by atoms with Crippen molar-refractivity contribution in [1.82, 2.24) is 15.0 Å². The summed E-state index contributed by atoms with van der Waals surface area (Å²) >= 11 is -0.611. The van der Waals surface area contributed by atoms with Crippen molar-refractivity contribution in [2.75, 3.05) is 17.9 Å². The zero-order valence-electron chi connectivity index (χ0n) is 20.4. The molecule has 2 aromatic carbocycles. The lowest BCUT2D eigenvalue weighted by atomic mass is 10.1. The maximum Gasteiger partial charge on any atom is 0.408 e. The van der Waals surface area contributed by atoms with Crippen molar-refractivity contribution in [1.29, 1.82) is 0 Å². The fraction of sp³-hybridized carbons (Fsp3) is 0.280. The molecule has 0 saturated carbocycles. The second-order valence-electron chi connectivity index (χ2n) is 8.02. The number of carbonyl (C=O) groups excluding carboxylic acids is 1. The number of nitrogens with zero attached hydrogens (tertiary/aromatic N) is 2. The lowest BCUT2D eigenvalue weighted by molar-refractivity contribution is -0.139. The molecule has 2 atom stereocenters. The summed E-state index contributed by atoms with van der Waals surface area (Å²) < 4.78 is 16.0. The SMILES string of the molecule is C[S+](C)[O-].O=C(N[C@@H](Cc1cn(N[C@@H](Cc2ccccc2)C(=O)O)cn1)C(=O)O)OCc1ccccc1. The van der Waals surface area contributed by atoms with Crippen molar-refractivity contribution >= 4 is 29.2 Å². The summed E-state index contributed by atoms with van der Waals surface area (Å²) in [5.41, 5.74) is 4.79. The fourth-order valence-electron chi connectivity index (χ4n) is 3.07. The molecule has 37 heavy (non-hydrogen) atoms. The van der Waals surface area contributed by atoms with Crippen molar-refractivity contribution in [2.45, 2.75) is 31.5 Å². The predicted molar refractivity (Wildman–Crippen MR) is 138 cm³/mol. The largest absolute Gasteiger partial charge is 0.617 e. The Bertz CT molecular complexity index is 1120. The first-order chi connectivity index (χ1) is 17.6. The first-order valence-electron chi connectivity index (χ1n) is 11.1. The van der Waals surface area contributed by atoms with Gasteiger partial charge in [0.2, 0.25) is 0 Å². The molecule has 12 heteroatoms. The van der Waals surface area contributed by atoms with E-state index in [-0.39, 0.29) is 19.4 Å². The Hall–Kier alpha value is -4.03. The first-order valence-corrected chi connectivity index (χ1v) is 13.1. The molecule has 0 aliphatic heterocycles. The van der Waals surface area contributed by atoms with Crippen molar-refractivity contribution in [2.24, 2.45) is 0 Å². The number of rotatable bonds is 11. The zero-order chi connectivity index (χ0) is 27.2. The number of carbonyl (C=O) groups is 3. The van der Waals surface area contributed by atoms with Crippen molar-refractivity contribution in [3.8, 4) is 0 Å². The number of aromatic nitrogens is 2. The number of alkyl carbamates (subject to hydrolysis) is 1. The quantitative estimate of drug-likeness (QED) is 0.271. The Kier molecular flexibility index (Phi) is 12.0. The van der Waals surface area contributed by atoms with Gasteiger partial charge in [-0.15, -0.1) is 0 Å². The summed E-state index contributed by atoms with van der Waals surface area (Å²) in [6.07, 6.45) is 5.38. The van der Waals surface area contributed by atoms with Gasteiger partial charge in [0.15, 0.2) is 0 Å². The molecule has 0 fully saturated rings. The number of benzene rings is 2. The van der Waals surface area contributed by atoms with Crippen LogP contribution in [0.25, 0.3) is 0 Å². The third-order valence-electron chi connectivity index (χ3n) is 4.74. The number of carboxylic acids is 2. The summed E-state index contributed by atoms with van der Waals surface area (Å²) in [4.78, 5) is 39.4. The molecule has 11 nitrogen and oxygen atoms in total. The van der Waals surface area contributed by atoms with E-state index in [0.717, 1.165) is 11.1 Å². The van der Waals surface area contributed by atoms with E-state index < -0.39 is 41.3 Å². The Morgan fingerprint density at radius 2 is 1.49 bits per heavy atom. The van der Waals surface area contributed by atoms with Gasteiger partial charge in [-0.2, -0.15) is 0 Å². The van der Waals surface area contributed by atoms with E-state index in [1.165, 1.54) is 17.2 Å². The van der Waals surface area contributed by atoms with Crippen LogP contribution >= 0.6 is 0 Å². The van der Waals surface area contributed by atoms with Gasteiger partial charge >= 0.3 is 18.0 Å². The van der Waals surface area contributed by atoms with E-state index in [1.807, 2.05) is 36.4 Å².